The van der Waals surface area contributed by atoms with Gasteiger partial charge >= 0.3 is 0 Å². The highest BCUT2D eigenvalue weighted by atomic mass is 16.5. The summed E-state index contributed by atoms with van der Waals surface area (Å²) in [4.78, 5) is 37.0. The molecule has 39 heavy (non-hydrogen) atoms. The topological polar surface area (TPSA) is 132 Å². The summed E-state index contributed by atoms with van der Waals surface area (Å²) in [7, 11) is 6.08. The zero-order valence-electron chi connectivity index (χ0n) is 24.0. The number of ketones is 1. The molecule has 0 radical (unpaired) electrons. The number of benzene rings is 2. The largest absolute Gasteiger partial charge is 0.497 e. The van der Waals surface area contributed by atoms with Gasteiger partial charge < -0.3 is 24.3 Å². The molecule has 0 aliphatic carbocycles. The summed E-state index contributed by atoms with van der Waals surface area (Å²) in [5.41, 5.74) is 2.86. The van der Waals surface area contributed by atoms with E-state index in [0.717, 1.165) is 11.5 Å². The van der Waals surface area contributed by atoms with Crippen molar-refractivity contribution in [2.24, 2.45) is 11.8 Å². The van der Waals surface area contributed by atoms with E-state index in [0.29, 0.717) is 47.8 Å². The number of hydroxylamine groups is 1. The molecule has 10 nitrogen and oxygen atoms in total. The molecule has 0 spiro atoms. The van der Waals surface area contributed by atoms with Gasteiger partial charge in [0.15, 0.2) is 17.3 Å². The monoisotopic (exact) mass is 546 g/mol. The number of methoxy groups -OCH3 is 4. The molecule has 2 aromatic rings. The van der Waals surface area contributed by atoms with Gasteiger partial charge in [0.05, 0.1) is 35.0 Å². The molecule has 0 saturated heterocycles. The molecule has 2 rings (SSSR count). The van der Waals surface area contributed by atoms with E-state index in [1.807, 2.05) is 12.1 Å². The molecule has 10 heteroatoms. The van der Waals surface area contributed by atoms with Crippen molar-refractivity contribution in [3.63, 3.8) is 0 Å². The molecule has 0 heterocycles. The molecular formula is C29H42N2O8. The van der Waals surface area contributed by atoms with Crippen LogP contribution in [0.3, 0.4) is 0 Å². The number of Topliss-reactive ketones (excluding diaryl/α,β-unsaturated/α-hetero) is 1. The number of hydrogen-bond acceptors (Lipinski definition) is 8. The lowest BCUT2D eigenvalue weighted by Crippen LogP contribution is -2.37. The van der Waals surface area contributed by atoms with Crippen molar-refractivity contribution < 1.29 is 38.5 Å². The molecule has 2 amide bonds. The third-order valence-electron chi connectivity index (χ3n) is 5.48. The van der Waals surface area contributed by atoms with Crippen molar-refractivity contribution in [2.45, 2.75) is 46.5 Å². The van der Waals surface area contributed by atoms with E-state index >= 15 is 0 Å². The number of nitrogens with one attached hydrogen (secondary N) is 2. The summed E-state index contributed by atoms with van der Waals surface area (Å²) in [6.07, 6.45) is 1.26. The average Bonchev–Trinajstić information content (AvgIpc) is 2.93. The van der Waals surface area contributed by atoms with E-state index in [1.165, 1.54) is 28.4 Å². The Balaban J connectivity index is 0.00000177. The second-order valence-electron chi connectivity index (χ2n) is 9.47. The van der Waals surface area contributed by atoms with Crippen LogP contribution < -0.4 is 29.7 Å². The highest BCUT2D eigenvalue weighted by molar-refractivity contribution is 6.00. The highest BCUT2D eigenvalue weighted by Crippen LogP contribution is 2.38. The van der Waals surface area contributed by atoms with Crippen LogP contribution in [0.2, 0.25) is 0 Å². The van der Waals surface area contributed by atoms with E-state index in [-0.39, 0.29) is 18.7 Å². The van der Waals surface area contributed by atoms with E-state index in [4.69, 9.17) is 24.2 Å². The number of aryl methyl sites for hydroxylation is 1. The first-order valence-corrected chi connectivity index (χ1v) is 12.8. The Kier molecular flexibility index (Phi) is 15.1. The van der Waals surface area contributed by atoms with Crippen LogP contribution in [-0.4, -0.2) is 57.8 Å². The highest BCUT2D eigenvalue weighted by Gasteiger charge is 2.23. The van der Waals surface area contributed by atoms with Gasteiger partial charge in [-0.15, -0.1) is 0 Å². The van der Waals surface area contributed by atoms with Crippen molar-refractivity contribution in [3.8, 4) is 23.0 Å². The van der Waals surface area contributed by atoms with Gasteiger partial charge in [0.25, 0.3) is 0 Å². The van der Waals surface area contributed by atoms with Gasteiger partial charge in [-0.05, 0) is 55.0 Å². The Morgan fingerprint density at radius 1 is 0.897 bits per heavy atom. The molecule has 0 aliphatic heterocycles. The quantitative estimate of drug-likeness (QED) is 0.182. The number of rotatable bonds is 14. The molecule has 0 saturated carbocycles. The lowest BCUT2D eigenvalue weighted by molar-refractivity contribution is -0.134. The van der Waals surface area contributed by atoms with Gasteiger partial charge in [-0.3, -0.25) is 19.6 Å². The second-order valence-corrected chi connectivity index (χ2v) is 9.47. The van der Waals surface area contributed by atoms with Crippen molar-refractivity contribution in [3.05, 3.63) is 47.5 Å². The van der Waals surface area contributed by atoms with Gasteiger partial charge in [-0.1, -0.05) is 32.9 Å². The minimum absolute atomic E-state index is 0.217. The van der Waals surface area contributed by atoms with Gasteiger partial charge in [-0.25, -0.2) is 5.48 Å². The van der Waals surface area contributed by atoms with Gasteiger partial charge in [0.2, 0.25) is 17.6 Å². The number of carbonyl (C=O) groups excluding carboxylic acids is 3. The van der Waals surface area contributed by atoms with E-state index in [1.54, 1.807) is 29.7 Å². The summed E-state index contributed by atoms with van der Waals surface area (Å²) < 4.78 is 21.2. The molecule has 3 N–H and O–H groups in total. The maximum absolute atomic E-state index is 12.8. The van der Waals surface area contributed by atoms with Crippen LogP contribution in [0, 0.1) is 11.8 Å². The van der Waals surface area contributed by atoms with Crippen LogP contribution >= 0.6 is 0 Å². The molecule has 0 aliphatic rings. The molecule has 216 valence electrons. The first-order valence-electron chi connectivity index (χ1n) is 12.8. The minimum Gasteiger partial charge on any atom is -0.497 e. The predicted molar refractivity (Wildman–Crippen MR) is 148 cm³/mol. The van der Waals surface area contributed by atoms with Crippen molar-refractivity contribution >= 4 is 17.6 Å². The van der Waals surface area contributed by atoms with Crippen molar-refractivity contribution in [1.82, 2.24) is 10.8 Å². The fourth-order valence-corrected chi connectivity index (χ4v) is 3.64. The number of ether oxygens (including phenoxy) is 4. The van der Waals surface area contributed by atoms with Crippen LogP contribution in [0.4, 0.5) is 0 Å². The van der Waals surface area contributed by atoms with E-state index in [2.05, 4.69) is 26.1 Å². The third kappa shape index (κ3) is 11.6. The fourth-order valence-electron chi connectivity index (χ4n) is 3.64. The summed E-state index contributed by atoms with van der Waals surface area (Å²) >= 11 is 0. The number of amides is 2. The SMILES string of the molecule is CC(C)C.COc1cccc(C(=O)CNC(=O)[C@H](CCCc2cc(OC)c(OC)c(OC)c2)CC(=O)NO)c1. The van der Waals surface area contributed by atoms with Crippen LogP contribution in [0.5, 0.6) is 23.0 Å². The fraction of sp³-hybridized carbons (Fsp3) is 0.483. The first kappa shape index (κ1) is 33.2. The third-order valence-corrected chi connectivity index (χ3v) is 5.48. The van der Waals surface area contributed by atoms with Crippen LogP contribution in [0.15, 0.2) is 36.4 Å². The van der Waals surface area contributed by atoms with Crippen LogP contribution in [-0.2, 0) is 16.0 Å². The normalized spacial score (nSPS) is 11.0. The summed E-state index contributed by atoms with van der Waals surface area (Å²) in [6, 6.07) is 10.3. The standard InChI is InChI=1S/C25H32N2O8.C4H10/c1-32-19-10-6-8-17(13-19)20(28)15-26-25(30)18(14-23(29)27-31)9-5-7-16-11-21(33-2)24(35-4)22(12-16)34-3;1-4(2)3/h6,8,10-13,18,31H,5,7,9,14-15H2,1-4H3,(H,26,30)(H,27,29);4H,1-3H3/t18-;/m1./s1. The maximum atomic E-state index is 12.8. The zero-order chi connectivity index (χ0) is 29.4. The molecular weight excluding hydrogens is 504 g/mol. The van der Waals surface area contributed by atoms with E-state index in [9.17, 15) is 14.4 Å². The van der Waals surface area contributed by atoms with Crippen molar-refractivity contribution in [2.75, 3.05) is 35.0 Å². The summed E-state index contributed by atoms with van der Waals surface area (Å²) in [6.45, 7) is 6.27. The molecule has 2 aromatic carbocycles. The molecule has 0 unspecified atom stereocenters. The molecule has 0 bridgehead atoms. The van der Waals surface area contributed by atoms with Crippen molar-refractivity contribution in [1.29, 1.82) is 0 Å². The summed E-state index contributed by atoms with van der Waals surface area (Å²) in [5.74, 6) is 0.732. The maximum Gasteiger partial charge on any atom is 0.244 e. The second kappa shape index (κ2) is 17.7. The lowest BCUT2D eigenvalue weighted by atomic mass is 9.95. The first-order chi connectivity index (χ1) is 18.6. The molecule has 0 fully saturated rings. The minimum atomic E-state index is -0.734. The van der Waals surface area contributed by atoms with Crippen LogP contribution in [0.1, 0.15) is 56.0 Å². The number of carbonyl (C=O) groups is 3. The number of hydrogen-bond donors (Lipinski definition) is 3. The zero-order valence-corrected chi connectivity index (χ0v) is 24.0. The van der Waals surface area contributed by atoms with Gasteiger partial charge in [0, 0.05) is 17.9 Å². The Morgan fingerprint density at radius 2 is 1.51 bits per heavy atom. The Morgan fingerprint density at radius 3 is 2.03 bits per heavy atom. The smallest absolute Gasteiger partial charge is 0.244 e. The van der Waals surface area contributed by atoms with E-state index < -0.39 is 17.7 Å². The van der Waals surface area contributed by atoms with Crippen LogP contribution in [0.25, 0.3) is 0 Å². The Bertz CT molecular complexity index is 1040. The Labute approximate surface area is 230 Å². The lowest BCUT2D eigenvalue weighted by Gasteiger charge is -2.17. The average molecular weight is 547 g/mol. The predicted octanol–water partition coefficient (Wildman–Crippen LogP) is 4.22. The molecule has 1 atom stereocenters. The van der Waals surface area contributed by atoms with Gasteiger partial charge in [-0.2, -0.15) is 0 Å². The summed E-state index contributed by atoms with van der Waals surface area (Å²) in [5, 5.41) is 11.5. The molecule has 0 aromatic heterocycles. The van der Waals surface area contributed by atoms with Gasteiger partial charge in [0.1, 0.15) is 5.75 Å². The Hall–Kier alpha value is -3.79.